The van der Waals surface area contributed by atoms with Crippen LogP contribution in [0.1, 0.15) is 38.5 Å². The molecule has 0 bridgehead atoms. The van der Waals surface area contributed by atoms with Crippen molar-refractivity contribution in [3.8, 4) is 0 Å². The Balaban J connectivity index is 3.99. The molecule has 0 aromatic carbocycles. The lowest BCUT2D eigenvalue weighted by Gasteiger charge is -2.15. The van der Waals surface area contributed by atoms with E-state index in [1.54, 1.807) is 0 Å². The van der Waals surface area contributed by atoms with E-state index in [0.717, 1.165) is 12.7 Å². The molecule has 3 amide bonds. The molecule has 8 heteroatoms. The molecule has 0 heterocycles. The minimum atomic E-state index is -0.754. The average molecular weight is 300 g/mol. The van der Waals surface area contributed by atoms with E-state index in [1.165, 1.54) is 0 Å². The number of hydrogen-bond acceptors (Lipinski definition) is 5. The second-order valence-corrected chi connectivity index (χ2v) is 4.64. The number of primary amides is 1. The molecule has 120 valence electrons. The molecule has 21 heavy (non-hydrogen) atoms. The van der Waals surface area contributed by atoms with Crippen LogP contribution < -0.4 is 22.1 Å². The smallest absolute Gasteiger partial charge is 0.240 e. The lowest BCUT2D eigenvalue weighted by Crippen LogP contribution is -2.47. The van der Waals surface area contributed by atoms with Gasteiger partial charge in [0.15, 0.2) is 0 Å². The molecule has 1 atom stereocenters. The third-order valence-electron chi connectivity index (χ3n) is 2.80. The number of carbonyl (C=O) groups excluding carboxylic acids is 4. The summed E-state index contributed by atoms with van der Waals surface area (Å²) in [5, 5.41) is 4.89. The molecule has 0 fully saturated rings. The lowest BCUT2D eigenvalue weighted by atomic mass is 10.1. The van der Waals surface area contributed by atoms with Crippen LogP contribution in [0.5, 0.6) is 0 Å². The monoisotopic (exact) mass is 300 g/mol. The van der Waals surface area contributed by atoms with Crippen LogP contribution >= 0.6 is 0 Å². The Kier molecular flexibility index (Phi) is 10.7. The summed E-state index contributed by atoms with van der Waals surface area (Å²) < 4.78 is 0. The van der Waals surface area contributed by atoms with Gasteiger partial charge in [-0.15, -0.1) is 0 Å². The van der Waals surface area contributed by atoms with Gasteiger partial charge >= 0.3 is 0 Å². The summed E-state index contributed by atoms with van der Waals surface area (Å²) in [5.41, 5.74) is 10.5. The molecule has 0 aliphatic rings. The average Bonchev–Trinajstić information content (AvgIpc) is 2.44. The van der Waals surface area contributed by atoms with Crippen molar-refractivity contribution in [2.75, 3.05) is 13.1 Å². The lowest BCUT2D eigenvalue weighted by molar-refractivity contribution is -0.128. The highest BCUT2D eigenvalue weighted by molar-refractivity contribution is 5.89. The quantitative estimate of drug-likeness (QED) is 0.258. The minimum Gasteiger partial charge on any atom is -0.368 e. The first-order chi connectivity index (χ1) is 10.0. The van der Waals surface area contributed by atoms with E-state index < -0.39 is 17.9 Å². The predicted molar refractivity (Wildman–Crippen MR) is 77.0 cm³/mol. The van der Waals surface area contributed by atoms with Crippen molar-refractivity contribution in [1.82, 2.24) is 10.6 Å². The SMILES string of the molecule is NCCCCC(NC(=O)CNC(=O)CCCC=O)C(N)=O. The molecule has 6 N–H and O–H groups in total. The van der Waals surface area contributed by atoms with E-state index in [1.807, 2.05) is 0 Å². The standard InChI is InChI=1S/C13H24N4O4/c14-7-3-1-5-10(13(15)21)17-12(20)9-16-11(19)6-2-4-8-18/h8,10H,1-7,9,14H2,(H2,15,21)(H,16,19)(H,17,20). The van der Waals surface area contributed by atoms with Crippen LogP contribution in [-0.4, -0.2) is 43.1 Å². The Bertz CT molecular complexity index is 360. The van der Waals surface area contributed by atoms with E-state index in [2.05, 4.69) is 10.6 Å². The van der Waals surface area contributed by atoms with Crippen LogP contribution in [0.25, 0.3) is 0 Å². The molecule has 0 radical (unpaired) electrons. The van der Waals surface area contributed by atoms with Crippen LogP contribution in [0.3, 0.4) is 0 Å². The zero-order chi connectivity index (χ0) is 16.1. The normalized spacial score (nSPS) is 11.5. The highest BCUT2D eigenvalue weighted by Crippen LogP contribution is 1.99. The molecule has 0 aromatic rings. The minimum absolute atomic E-state index is 0.182. The molecule has 1 unspecified atom stereocenters. The molecule has 8 nitrogen and oxygen atoms in total. The Labute approximate surface area is 124 Å². The molecule has 0 spiro atoms. The van der Waals surface area contributed by atoms with Gasteiger partial charge in [0.25, 0.3) is 0 Å². The van der Waals surface area contributed by atoms with Gasteiger partial charge in [0, 0.05) is 12.8 Å². The Hall–Kier alpha value is -1.96. The summed E-state index contributed by atoms with van der Waals surface area (Å²) in [7, 11) is 0. The van der Waals surface area contributed by atoms with Crippen molar-refractivity contribution in [2.24, 2.45) is 11.5 Å². The Morgan fingerprint density at radius 2 is 1.81 bits per heavy atom. The number of nitrogens with one attached hydrogen (secondary N) is 2. The first kappa shape index (κ1) is 19.0. The summed E-state index contributed by atoms with van der Waals surface area (Å²) >= 11 is 0. The van der Waals surface area contributed by atoms with Gasteiger partial charge in [-0.3, -0.25) is 14.4 Å². The molecule has 0 saturated carbocycles. The first-order valence-corrected chi connectivity index (χ1v) is 7.00. The number of amides is 3. The van der Waals surface area contributed by atoms with Gasteiger partial charge in [0.2, 0.25) is 17.7 Å². The second-order valence-electron chi connectivity index (χ2n) is 4.64. The number of aldehydes is 1. The van der Waals surface area contributed by atoms with Crippen molar-refractivity contribution < 1.29 is 19.2 Å². The highest BCUT2D eigenvalue weighted by Gasteiger charge is 2.17. The van der Waals surface area contributed by atoms with Gasteiger partial charge < -0.3 is 26.9 Å². The summed E-state index contributed by atoms with van der Waals surface area (Å²) in [6.45, 7) is 0.289. The number of carbonyl (C=O) groups is 4. The number of hydrogen-bond donors (Lipinski definition) is 4. The van der Waals surface area contributed by atoms with Gasteiger partial charge in [-0.25, -0.2) is 0 Å². The summed E-state index contributed by atoms with van der Waals surface area (Å²) in [5.74, 6) is -1.40. The molecule has 0 saturated heterocycles. The molecule has 0 aromatic heterocycles. The highest BCUT2D eigenvalue weighted by atomic mass is 16.2. The van der Waals surface area contributed by atoms with Crippen LogP contribution in [-0.2, 0) is 19.2 Å². The van der Waals surface area contributed by atoms with Gasteiger partial charge in [0.1, 0.15) is 12.3 Å². The topological polar surface area (TPSA) is 144 Å². The van der Waals surface area contributed by atoms with Crippen molar-refractivity contribution in [2.45, 2.75) is 44.6 Å². The second kappa shape index (κ2) is 11.8. The number of nitrogens with two attached hydrogens (primary N) is 2. The largest absolute Gasteiger partial charge is 0.368 e. The number of unbranched alkanes of at least 4 members (excludes halogenated alkanes) is 2. The maximum atomic E-state index is 11.6. The number of rotatable bonds is 12. The maximum absolute atomic E-state index is 11.6. The Morgan fingerprint density at radius 1 is 1.10 bits per heavy atom. The van der Waals surface area contributed by atoms with Crippen molar-refractivity contribution >= 4 is 24.0 Å². The molecular formula is C13H24N4O4. The summed E-state index contributed by atoms with van der Waals surface area (Å²) in [6, 6.07) is -0.754. The van der Waals surface area contributed by atoms with E-state index in [4.69, 9.17) is 11.5 Å². The zero-order valence-corrected chi connectivity index (χ0v) is 12.1. The van der Waals surface area contributed by atoms with Crippen molar-refractivity contribution in [3.05, 3.63) is 0 Å². The van der Waals surface area contributed by atoms with Crippen LogP contribution in [0.2, 0.25) is 0 Å². The van der Waals surface area contributed by atoms with Crippen LogP contribution in [0.4, 0.5) is 0 Å². The first-order valence-electron chi connectivity index (χ1n) is 7.00. The van der Waals surface area contributed by atoms with Gasteiger partial charge in [-0.2, -0.15) is 0 Å². The molecule has 0 rings (SSSR count). The third kappa shape index (κ3) is 10.5. The summed E-state index contributed by atoms with van der Waals surface area (Å²) in [6.07, 6.45) is 3.52. The van der Waals surface area contributed by atoms with E-state index in [-0.39, 0.29) is 18.9 Å². The fourth-order valence-electron chi connectivity index (χ4n) is 1.64. The molecule has 0 aliphatic heterocycles. The van der Waals surface area contributed by atoms with Crippen LogP contribution in [0.15, 0.2) is 0 Å². The van der Waals surface area contributed by atoms with Crippen molar-refractivity contribution in [3.63, 3.8) is 0 Å². The van der Waals surface area contributed by atoms with Gasteiger partial charge in [-0.05, 0) is 32.2 Å². The van der Waals surface area contributed by atoms with E-state index in [9.17, 15) is 19.2 Å². The van der Waals surface area contributed by atoms with Gasteiger partial charge in [-0.1, -0.05) is 0 Å². The maximum Gasteiger partial charge on any atom is 0.240 e. The van der Waals surface area contributed by atoms with Gasteiger partial charge in [0.05, 0.1) is 6.54 Å². The molecule has 0 aliphatic carbocycles. The van der Waals surface area contributed by atoms with E-state index >= 15 is 0 Å². The van der Waals surface area contributed by atoms with Crippen molar-refractivity contribution in [1.29, 1.82) is 0 Å². The zero-order valence-electron chi connectivity index (χ0n) is 12.1. The third-order valence-corrected chi connectivity index (χ3v) is 2.80. The molecular weight excluding hydrogens is 276 g/mol. The van der Waals surface area contributed by atoms with Crippen LogP contribution in [0, 0.1) is 0 Å². The predicted octanol–water partition coefficient (Wildman–Crippen LogP) is -1.43. The fourth-order valence-corrected chi connectivity index (χ4v) is 1.64. The fraction of sp³-hybridized carbons (Fsp3) is 0.692. The van der Waals surface area contributed by atoms with E-state index in [0.29, 0.717) is 32.2 Å². The summed E-state index contributed by atoms with van der Waals surface area (Å²) in [4.78, 5) is 44.2. The Morgan fingerprint density at radius 3 is 2.38 bits per heavy atom.